The first-order valence-corrected chi connectivity index (χ1v) is 5.64. The van der Waals surface area contributed by atoms with Crippen LogP contribution in [0.3, 0.4) is 0 Å². The molecule has 0 N–H and O–H groups in total. The van der Waals surface area contributed by atoms with Crippen LogP contribution in [-0.4, -0.2) is 24.4 Å². The van der Waals surface area contributed by atoms with Crippen LogP contribution in [0.15, 0.2) is 0 Å². The molecule has 7 unspecified atom stereocenters. The summed E-state index contributed by atoms with van der Waals surface area (Å²) in [5.41, 5.74) is 0. The highest BCUT2D eigenvalue weighted by Gasteiger charge is 2.60. The van der Waals surface area contributed by atoms with E-state index in [9.17, 15) is 0 Å². The summed E-state index contributed by atoms with van der Waals surface area (Å²) >= 11 is 0. The van der Waals surface area contributed by atoms with E-state index in [0.717, 1.165) is 17.8 Å². The van der Waals surface area contributed by atoms with Crippen LogP contribution in [0.4, 0.5) is 0 Å². The Morgan fingerprint density at radius 3 is 2.62 bits per heavy atom. The molecule has 0 amide bonds. The second kappa shape index (κ2) is 2.12. The summed E-state index contributed by atoms with van der Waals surface area (Å²) in [6, 6.07) is 0. The minimum absolute atomic E-state index is 0.605. The van der Waals surface area contributed by atoms with Crippen molar-refractivity contribution in [2.45, 2.75) is 50.6 Å². The van der Waals surface area contributed by atoms with Gasteiger partial charge >= 0.3 is 0 Å². The molecular weight excluding hydrogens is 164 g/mol. The summed E-state index contributed by atoms with van der Waals surface area (Å²) < 4.78 is 11.3. The average molecular weight is 180 g/mol. The fourth-order valence-electron chi connectivity index (χ4n) is 3.79. The lowest BCUT2D eigenvalue weighted by molar-refractivity contribution is 0.151. The van der Waals surface area contributed by atoms with E-state index in [4.69, 9.17) is 9.47 Å². The molecule has 0 bridgehead atoms. The maximum absolute atomic E-state index is 5.69. The molecule has 0 spiro atoms. The van der Waals surface area contributed by atoms with Crippen LogP contribution in [0.25, 0.3) is 0 Å². The lowest BCUT2D eigenvalue weighted by Crippen LogP contribution is -2.17. The van der Waals surface area contributed by atoms with Crippen LogP contribution in [0.5, 0.6) is 0 Å². The van der Waals surface area contributed by atoms with Gasteiger partial charge < -0.3 is 9.47 Å². The molecule has 2 nitrogen and oxygen atoms in total. The molecule has 4 fully saturated rings. The van der Waals surface area contributed by atoms with Gasteiger partial charge in [-0.3, -0.25) is 0 Å². The monoisotopic (exact) mass is 180 g/mol. The Bertz CT molecular complexity index is 252. The highest BCUT2D eigenvalue weighted by atomic mass is 16.6. The summed E-state index contributed by atoms with van der Waals surface area (Å²) in [7, 11) is 0. The largest absolute Gasteiger partial charge is 0.369 e. The maximum Gasteiger partial charge on any atom is 0.0873 e. The molecule has 4 rings (SSSR count). The molecule has 2 saturated heterocycles. The third-order valence-electron chi connectivity index (χ3n) is 4.55. The highest BCUT2D eigenvalue weighted by Crippen LogP contribution is 2.56. The van der Waals surface area contributed by atoms with E-state index in [-0.39, 0.29) is 0 Å². The number of hydrogen-bond acceptors (Lipinski definition) is 2. The molecule has 2 heterocycles. The number of epoxide rings is 2. The SMILES string of the molecule is CC1CC2CC3OC3C2CC2OC12. The summed E-state index contributed by atoms with van der Waals surface area (Å²) in [6.07, 6.45) is 6.54. The zero-order valence-corrected chi connectivity index (χ0v) is 7.98. The number of ether oxygens (including phenoxy) is 2. The summed E-state index contributed by atoms with van der Waals surface area (Å²) in [5, 5.41) is 0. The molecule has 2 aliphatic heterocycles. The Hall–Kier alpha value is -0.0800. The Kier molecular flexibility index (Phi) is 1.18. The Balaban J connectivity index is 1.61. The Morgan fingerprint density at radius 1 is 0.923 bits per heavy atom. The number of rotatable bonds is 0. The molecule has 4 aliphatic rings. The van der Waals surface area contributed by atoms with Crippen molar-refractivity contribution in [3.05, 3.63) is 0 Å². The van der Waals surface area contributed by atoms with Crippen molar-refractivity contribution in [1.29, 1.82) is 0 Å². The molecule has 2 heteroatoms. The van der Waals surface area contributed by atoms with Crippen molar-refractivity contribution in [2.24, 2.45) is 17.8 Å². The second-order valence-corrected chi connectivity index (χ2v) is 5.39. The fourth-order valence-corrected chi connectivity index (χ4v) is 3.79. The molecule has 13 heavy (non-hydrogen) atoms. The van der Waals surface area contributed by atoms with Gasteiger partial charge in [-0.25, -0.2) is 0 Å². The third kappa shape index (κ3) is 0.909. The predicted octanol–water partition coefficient (Wildman–Crippen LogP) is 1.59. The lowest BCUT2D eigenvalue weighted by Gasteiger charge is -2.21. The van der Waals surface area contributed by atoms with E-state index in [1.54, 1.807) is 0 Å². The average Bonchev–Trinajstić information content (AvgIpc) is 2.91. The first-order valence-electron chi connectivity index (χ1n) is 5.64. The van der Waals surface area contributed by atoms with E-state index in [1.165, 1.54) is 19.3 Å². The third-order valence-corrected chi connectivity index (χ3v) is 4.55. The van der Waals surface area contributed by atoms with Crippen molar-refractivity contribution in [3.8, 4) is 0 Å². The highest BCUT2D eigenvalue weighted by molar-refractivity contribution is 5.08. The Labute approximate surface area is 78.6 Å². The van der Waals surface area contributed by atoms with Gasteiger partial charge in [0.25, 0.3) is 0 Å². The smallest absolute Gasteiger partial charge is 0.0873 e. The van der Waals surface area contributed by atoms with Crippen molar-refractivity contribution in [3.63, 3.8) is 0 Å². The van der Waals surface area contributed by atoms with Crippen molar-refractivity contribution < 1.29 is 9.47 Å². The molecule has 0 aromatic rings. The van der Waals surface area contributed by atoms with E-state index in [0.29, 0.717) is 24.4 Å². The maximum atomic E-state index is 5.69. The van der Waals surface area contributed by atoms with E-state index >= 15 is 0 Å². The van der Waals surface area contributed by atoms with Gasteiger partial charge in [-0.05, 0) is 37.0 Å². The topological polar surface area (TPSA) is 25.1 Å². The minimum atomic E-state index is 0.605. The summed E-state index contributed by atoms with van der Waals surface area (Å²) in [6.45, 7) is 2.36. The molecule has 0 radical (unpaired) electrons. The van der Waals surface area contributed by atoms with Gasteiger partial charge in [0.15, 0.2) is 0 Å². The fraction of sp³-hybridized carbons (Fsp3) is 1.00. The van der Waals surface area contributed by atoms with Gasteiger partial charge in [-0.1, -0.05) is 6.92 Å². The van der Waals surface area contributed by atoms with Crippen molar-refractivity contribution in [1.82, 2.24) is 0 Å². The molecule has 7 atom stereocenters. The van der Waals surface area contributed by atoms with E-state index < -0.39 is 0 Å². The minimum Gasteiger partial charge on any atom is -0.369 e. The van der Waals surface area contributed by atoms with Crippen LogP contribution >= 0.6 is 0 Å². The second-order valence-electron chi connectivity index (χ2n) is 5.39. The van der Waals surface area contributed by atoms with Crippen LogP contribution < -0.4 is 0 Å². The molecule has 0 aromatic carbocycles. The summed E-state index contributed by atoms with van der Waals surface area (Å²) in [4.78, 5) is 0. The molecule has 2 saturated carbocycles. The standard InChI is InChI=1S/C11H16O2/c1-5-2-6-3-8-11(13-8)7(6)4-9-10(5)12-9/h5-11H,2-4H2,1H3. The zero-order valence-electron chi connectivity index (χ0n) is 7.98. The zero-order chi connectivity index (χ0) is 8.58. The van der Waals surface area contributed by atoms with Gasteiger partial charge in [0, 0.05) is 0 Å². The van der Waals surface area contributed by atoms with Crippen LogP contribution in [0.1, 0.15) is 26.2 Å². The van der Waals surface area contributed by atoms with Crippen LogP contribution in [-0.2, 0) is 9.47 Å². The predicted molar refractivity (Wildman–Crippen MR) is 47.3 cm³/mol. The first kappa shape index (κ1) is 7.24. The van der Waals surface area contributed by atoms with Crippen LogP contribution in [0, 0.1) is 17.8 Å². The van der Waals surface area contributed by atoms with Crippen molar-refractivity contribution in [2.75, 3.05) is 0 Å². The van der Waals surface area contributed by atoms with Gasteiger partial charge in [0.05, 0.1) is 24.4 Å². The molecule has 72 valence electrons. The number of hydrogen-bond donors (Lipinski definition) is 0. The van der Waals surface area contributed by atoms with Gasteiger partial charge in [0.2, 0.25) is 0 Å². The lowest BCUT2D eigenvalue weighted by atomic mass is 9.88. The van der Waals surface area contributed by atoms with Gasteiger partial charge in [-0.2, -0.15) is 0 Å². The molecule has 0 aromatic heterocycles. The number of fused-ring (bicyclic) bond motifs is 4. The molecular formula is C11H16O2. The van der Waals surface area contributed by atoms with Crippen LogP contribution in [0.2, 0.25) is 0 Å². The first-order chi connectivity index (χ1) is 6.33. The van der Waals surface area contributed by atoms with Gasteiger partial charge in [-0.15, -0.1) is 0 Å². The van der Waals surface area contributed by atoms with E-state index in [2.05, 4.69) is 6.92 Å². The normalized spacial score (nSPS) is 67.6. The quantitative estimate of drug-likeness (QED) is 0.529. The summed E-state index contributed by atoms with van der Waals surface area (Å²) in [5.74, 6) is 2.62. The van der Waals surface area contributed by atoms with Crippen molar-refractivity contribution >= 4 is 0 Å². The van der Waals surface area contributed by atoms with Gasteiger partial charge in [0.1, 0.15) is 0 Å². The molecule has 2 aliphatic carbocycles. The Morgan fingerprint density at radius 2 is 1.69 bits per heavy atom. The van der Waals surface area contributed by atoms with E-state index in [1.807, 2.05) is 0 Å².